The van der Waals surface area contributed by atoms with Gasteiger partial charge in [-0.15, -0.1) is 0 Å². The number of allylic oxidation sites excluding steroid dienone is 1. The quantitative estimate of drug-likeness (QED) is 0.419. The molecule has 4 rings (SSSR count). The maximum Gasteiger partial charge on any atom is 0.320 e. The van der Waals surface area contributed by atoms with E-state index in [1.54, 1.807) is 24.2 Å². The number of carbonyl (C=O) groups is 1. The average Bonchev–Trinajstić information content (AvgIpc) is 3.41. The molecule has 36 heavy (non-hydrogen) atoms. The van der Waals surface area contributed by atoms with Crippen molar-refractivity contribution in [3.8, 4) is 16.9 Å². The van der Waals surface area contributed by atoms with E-state index in [1.165, 1.54) is 0 Å². The van der Waals surface area contributed by atoms with Crippen LogP contribution in [0.25, 0.3) is 16.9 Å². The highest BCUT2D eigenvalue weighted by Crippen LogP contribution is 2.37. The van der Waals surface area contributed by atoms with Gasteiger partial charge in [0.15, 0.2) is 0 Å². The molecule has 8 nitrogen and oxygen atoms in total. The van der Waals surface area contributed by atoms with E-state index in [1.807, 2.05) is 44.2 Å². The molecule has 2 aromatic heterocycles. The van der Waals surface area contributed by atoms with Gasteiger partial charge >= 0.3 is 6.03 Å². The van der Waals surface area contributed by atoms with Crippen LogP contribution in [0.1, 0.15) is 38.1 Å². The maximum absolute atomic E-state index is 13.3. The molecule has 2 heterocycles. The number of para-hydroxylation sites is 1. The second kappa shape index (κ2) is 11.5. The Bertz CT molecular complexity index is 1190. The number of benzene rings is 1. The Hall–Kier alpha value is -3.52. The molecule has 190 valence electrons. The number of urea groups is 1. The minimum absolute atomic E-state index is 0.0977. The van der Waals surface area contributed by atoms with Crippen LogP contribution in [0.4, 0.5) is 10.6 Å². The van der Waals surface area contributed by atoms with Crippen LogP contribution >= 0.6 is 0 Å². The Morgan fingerprint density at radius 1 is 1.17 bits per heavy atom. The van der Waals surface area contributed by atoms with Gasteiger partial charge in [0.25, 0.3) is 0 Å². The van der Waals surface area contributed by atoms with Crippen LogP contribution in [0.5, 0.6) is 0 Å². The molecule has 0 saturated heterocycles. The third kappa shape index (κ3) is 5.82. The lowest BCUT2D eigenvalue weighted by atomic mass is 9.90. The van der Waals surface area contributed by atoms with E-state index in [0.29, 0.717) is 36.0 Å². The van der Waals surface area contributed by atoms with E-state index in [4.69, 9.17) is 9.84 Å². The highest BCUT2D eigenvalue weighted by molar-refractivity contribution is 5.91. The van der Waals surface area contributed by atoms with Gasteiger partial charge in [-0.25, -0.2) is 19.4 Å². The summed E-state index contributed by atoms with van der Waals surface area (Å²) in [5, 5.41) is 11.2. The Kier molecular flexibility index (Phi) is 8.15. The Morgan fingerprint density at radius 2 is 1.89 bits per heavy atom. The average molecular weight is 489 g/mol. The lowest BCUT2D eigenvalue weighted by Crippen LogP contribution is -2.41. The Balaban J connectivity index is 1.58. The molecule has 0 radical (unpaired) electrons. The zero-order chi connectivity index (χ0) is 25.7. The number of carbonyl (C=O) groups excluding carboxylic acids is 1. The van der Waals surface area contributed by atoms with E-state index in [-0.39, 0.29) is 12.1 Å². The summed E-state index contributed by atoms with van der Waals surface area (Å²) in [5.41, 5.74) is 3.25. The predicted octanol–water partition coefficient (Wildman–Crippen LogP) is 5.32. The number of methoxy groups -OCH3 is 1. The summed E-state index contributed by atoms with van der Waals surface area (Å²) in [7, 11) is 1.70. The van der Waals surface area contributed by atoms with Crippen molar-refractivity contribution in [3.05, 3.63) is 66.3 Å². The fourth-order valence-corrected chi connectivity index (χ4v) is 5.02. The summed E-state index contributed by atoms with van der Waals surface area (Å²) in [5.74, 6) is 2.64. The van der Waals surface area contributed by atoms with Gasteiger partial charge in [0, 0.05) is 36.7 Å². The number of aromatic nitrogens is 4. The van der Waals surface area contributed by atoms with Crippen LogP contribution in [0, 0.1) is 31.6 Å². The molecule has 8 heteroatoms. The summed E-state index contributed by atoms with van der Waals surface area (Å²) in [6, 6.07) is 9.67. The van der Waals surface area contributed by atoms with Crippen LogP contribution in [-0.2, 0) is 4.74 Å². The molecule has 0 spiro atoms. The molecule has 0 unspecified atom stereocenters. The standard InChI is InChI=1S/C28H36N6O2/c1-18(2)24-14-21(10-9-13-36-5)15-25(24)31-28(35)32-27-19(3)26(22-16-29-20(4)30-17-22)33-34(27)23-11-7-6-8-12-23/h6-12,16-18,21,24-25H,13-15H2,1-5H3,(H2,31,32,35)/b10-9+/t21-,24-,25+/m0/s1. The minimum Gasteiger partial charge on any atom is -0.381 e. The lowest BCUT2D eigenvalue weighted by Gasteiger charge is -2.24. The van der Waals surface area contributed by atoms with E-state index in [0.717, 1.165) is 35.3 Å². The van der Waals surface area contributed by atoms with E-state index in [2.05, 4.69) is 46.6 Å². The normalized spacial score (nSPS) is 19.8. The lowest BCUT2D eigenvalue weighted by molar-refractivity contribution is 0.233. The topological polar surface area (TPSA) is 94.0 Å². The SMILES string of the molecule is COC/C=C/[C@@H]1C[C@@H](NC(=O)Nc2c(C)c(-c3cnc(C)nc3)nn2-c2ccccc2)[C@H](C(C)C)C1. The monoisotopic (exact) mass is 488 g/mol. The molecule has 0 aliphatic heterocycles. The molecular weight excluding hydrogens is 452 g/mol. The summed E-state index contributed by atoms with van der Waals surface area (Å²) < 4.78 is 6.92. The van der Waals surface area contributed by atoms with Gasteiger partial charge in [-0.1, -0.05) is 44.2 Å². The number of rotatable bonds is 8. The van der Waals surface area contributed by atoms with Crippen LogP contribution < -0.4 is 10.6 Å². The van der Waals surface area contributed by atoms with Crippen molar-refractivity contribution in [1.29, 1.82) is 0 Å². The van der Waals surface area contributed by atoms with Crippen molar-refractivity contribution < 1.29 is 9.53 Å². The van der Waals surface area contributed by atoms with Crippen LogP contribution in [0.2, 0.25) is 0 Å². The molecule has 2 N–H and O–H groups in total. The fourth-order valence-electron chi connectivity index (χ4n) is 5.02. The largest absolute Gasteiger partial charge is 0.381 e. The molecule has 0 bridgehead atoms. The predicted molar refractivity (Wildman–Crippen MR) is 142 cm³/mol. The molecule has 2 amide bonds. The number of anilines is 1. The van der Waals surface area contributed by atoms with Gasteiger partial charge in [-0.05, 0) is 56.6 Å². The van der Waals surface area contributed by atoms with Crippen molar-refractivity contribution in [2.24, 2.45) is 17.8 Å². The van der Waals surface area contributed by atoms with Crippen LogP contribution in [-0.4, -0.2) is 45.5 Å². The zero-order valence-electron chi connectivity index (χ0n) is 21.7. The van der Waals surface area contributed by atoms with Crippen molar-refractivity contribution in [1.82, 2.24) is 25.1 Å². The van der Waals surface area contributed by atoms with Gasteiger partial charge in [0.2, 0.25) is 0 Å². The third-order valence-electron chi connectivity index (χ3n) is 6.90. The highest BCUT2D eigenvalue weighted by Gasteiger charge is 2.36. The smallest absolute Gasteiger partial charge is 0.320 e. The molecular formula is C28H36N6O2. The Morgan fingerprint density at radius 3 is 2.56 bits per heavy atom. The highest BCUT2D eigenvalue weighted by atomic mass is 16.5. The molecule has 3 atom stereocenters. The second-order valence-electron chi connectivity index (χ2n) is 9.82. The maximum atomic E-state index is 13.3. The summed E-state index contributed by atoms with van der Waals surface area (Å²) in [4.78, 5) is 21.9. The van der Waals surface area contributed by atoms with Crippen molar-refractivity contribution in [3.63, 3.8) is 0 Å². The van der Waals surface area contributed by atoms with Gasteiger partial charge in [-0.2, -0.15) is 5.10 Å². The van der Waals surface area contributed by atoms with Crippen LogP contribution in [0.3, 0.4) is 0 Å². The number of amides is 2. The molecule has 3 aromatic rings. The molecule has 1 fully saturated rings. The molecule has 1 aliphatic carbocycles. The first-order valence-electron chi connectivity index (χ1n) is 12.5. The number of nitrogens with zero attached hydrogens (tertiary/aromatic N) is 4. The van der Waals surface area contributed by atoms with Gasteiger partial charge in [-0.3, -0.25) is 5.32 Å². The minimum atomic E-state index is -0.223. The summed E-state index contributed by atoms with van der Waals surface area (Å²) in [6.45, 7) is 8.87. The second-order valence-corrected chi connectivity index (χ2v) is 9.82. The molecule has 1 aliphatic rings. The van der Waals surface area contributed by atoms with E-state index in [9.17, 15) is 4.79 Å². The fraction of sp³-hybridized carbons (Fsp3) is 0.429. The van der Waals surface area contributed by atoms with Crippen molar-refractivity contribution in [2.45, 2.75) is 46.6 Å². The molecule has 1 saturated carbocycles. The molecule has 1 aromatic carbocycles. The van der Waals surface area contributed by atoms with Gasteiger partial charge in [0.1, 0.15) is 17.3 Å². The number of aryl methyl sites for hydroxylation is 1. The van der Waals surface area contributed by atoms with Gasteiger partial charge in [0.05, 0.1) is 12.3 Å². The summed E-state index contributed by atoms with van der Waals surface area (Å²) in [6.07, 6.45) is 9.80. The Labute approximate surface area is 213 Å². The number of nitrogens with one attached hydrogen (secondary N) is 2. The van der Waals surface area contributed by atoms with Crippen LogP contribution in [0.15, 0.2) is 54.9 Å². The zero-order valence-corrected chi connectivity index (χ0v) is 21.7. The first-order valence-corrected chi connectivity index (χ1v) is 12.5. The van der Waals surface area contributed by atoms with E-state index < -0.39 is 0 Å². The number of hydrogen-bond donors (Lipinski definition) is 2. The van der Waals surface area contributed by atoms with Crippen molar-refractivity contribution >= 4 is 11.8 Å². The number of ether oxygens (including phenoxy) is 1. The first kappa shape index (κ1) is 25.6. The number of hydrogen-bond acceptors (Lipinski definition) is 5. The van der Waals surface area contributed by atoms with Gasteiger partial charge < -0.3 is 10.1 Å². The third-order valence-corrected chi connectivity index (χ3v) is 6.90. The summed E-state index contributed by atoms with van der Waals surface area (Å²) >= 11 is 0. The van der Waals surface area contributed by atoms with Crippen molar-refractivity contribution in [2.75, 3.05) is 19.0 Å². The van der Waals surface area contributed by atoms with E-state index >= 15 is 0 Å². The first-order chi connectivity index (χ1) is 17.4.